The van der Waals surface area contributed by atoms with E-state index in [1.807, 2.05) is 0 Å². The fourth-order valence-electron chi connectivity index (χ4n) is 1.21. The van der Waals surface area contributed by atoms with Crippen LogP contribution in [0.25, 0.3) is 5.70 Å². The van der Waals surface area contributed by atoms with Crippen molar-refractivity contribution in [2.45, 2.75) is 0 Å². The lowest BCUT2D eigenvalue weighted by Gasteiger charge is -2.08. The predicted octanol–water partition coefficient (Wildman–Crippen LogP) is 2.28. The van der Waals surface area contributed by atoms with Gasteiger partial charge in [-0.3, -0.25) is 4.79 Å². The maximum Gasteiger partial charge on any atom is 0.149 e. The first-order valence-corrected chi connectivity index (χ1v) is 4.57. The number of halogens is 2. The molecule has 0 aliphatic carbocycles. The zero-order chi connectivity index (χ0) is 12.1. The maximum absolute atomic E-state index is 13.4. The van der Waals surface area contributed by atoms with Crippen LogP contribution in [0.1, 0.15) is 5.56 Å². The van der Waals surface area contributed by atoms with E-state index in [0.29, 0.717) is 12.0 Å². The number of hydrogen-bond donors (Lipinski definition) is 1. The van der Waals surface area contributed by atoms with Crippen LogP contribution in [-0.4, -0.2) is 13.3 Å². The van der Waals surface area contributed by atoms with Crippen LogP contribution >= 0.6 is 0 Å². The SMILES string of the molecule is C=C(C=O)/C=C(\NC)c1ccc(F)cc1F. The predicted molar refractivity (Wildman–Crippen MR) is 58.6 cm³/mol. The van der Waals surface area contributed by atoms with E-state index in [9.17, 15) is 13.6 Å². The smallest absolute Gasteiger partial charge is 0.149 e. The molecule has 0 atom stereocenters. The quantitative estimate of drug-likeness (QED) is 0.482. The highest BCUT2D eigenvalue weighted by Gasteiger charge is 2.07. The second-order valence-corrected chi connectivity index (χ2v) is 3.12. The number of carbonyl (C=O) groups excluding carboxylic acids is 1. The molecule has 0 spiro atoms. The Morgan fingerprint density at radius 1 is 1.44 bits per heavy atom. The van der Waals surface area contributed by atoms with Crippen molar-refractivity contribution >= 4 is 12.0 Å². The molecule has 0 saturated carbocycles. The molecule has 1 aromatic rings. The number of nitrogens with one attached hydrogen (secondary N) is 1. The van der Waals surface area contributed by atoms with Gasteiger partial charge < -0.3 is 5.32 Å². The fraction of sp³-hybridized carbons (Fsp3) is 0.0833. The van der Waals surface area contributed by atoms with Crippen molar-refractivity contribution in [1.29, 1.82) is 0 Å². The molecule has 4 heteroatoms. The lowest BCUT2D eigenvalue weighted by molar-refractivity contribution is -0.104. The van der Waals surface area contributed by atoms with Crippen LogP contribution in [-0.2, 0) is 4.79 Å². The Morgan fingerprint density at radius 3 is 2.62 bits per heavy atom. The molecule has 0 aliphatic heterocycles. The molecule has 0 amide bonds. The number of allylic oxidation sites excluding steroid dienone is 2. The highest BCUT2D eigenvalue weighted by Crippen LogP contribution is 2.17. The van der Waals surface area contributed by atoms with E-state index < -0.39 is 11.6 Å². The highest BCUT2D eigenvalue weighted by molar-refractivity contribution is 5.81. The first-order chi connectivity index (χ1) is 7.58. The molecule has 1 aromatic carbocycles. The second kappa shape index (κ2) is 5.21. The van der Waals surface area contributed by atoms with Gasteiger partial charge >= 0.3 is 0 Å². The maximum atomic E-state index is 13.4. The molecule has 0 heterocycles. The summed E-state index contributed by atoms with van der Waals surface area (Å²) >= 11 is 0. The average Bonchev–Trinajstić information content (AvgIpc) is 2.26. The summed E-state index contributed by atoms with van der Waals surface area (Å²) in [5.74, 6) is -1.34. The monoisotopic (exact) mass is 223 g/mol. The highest BCUT2D eigenvalue weighted by atomic mass is 19.1. The van der Waals surface area contributed by atoms with E-state index in [1.54, 1.807) is 7.05 Å². The molecular weight excluding hydrogens is 212 g/mol. The fourth-order valence-corrected chi connectivity index (χ4v) is 1.21. The lowest BCUT2D eigenvalue weighted by Crippen LogP contribution is -2.07. The molecule has 0 saturated heterocycles. The van der Waals surface area contributed by atoms with Crippen molar-refractivity contribution in [3.63, 3.8) is 0 Å². The Bertz CT molecular complexity index is 452. The Morgan fingerprint density at radius 2 is 2.12 bits per heavy atom. The van der Waals surface area contributed by atoms with E-state index in [0.717, 1.165) is 12.1 Å². The zero-order valence-corrected chi connectivity index (χ0v) is 8.76. The summed E-state index contributed by atoms with van der Waals surface area (Å²) in [6, 6.07) is 3.22. The van der Waals surface area contributed by atoms with Gasteiger partial charge in [0.2, 0.25) is 0 Å². The van der Waals surface area contributed by atoms with Crippen LogP contribution in [0.15, 0.2) is 36.4 Å². The van der Waals surface area contributed by atoms with Crippen LogP contribution in [0.2, 0.25) is 0 Å². The van der Waals surface area contributed by atoms with Crippen LogP contribution in [0.3, 0.4) is 0 Å². The zero-order valence-electron chi connectivity index (χ0n) is 8.76. The molecule has 0 unspecified atom stereocenters. The summed E-state index contributed by atoms with van der Waals surface area (Å²) < 4.78 is 26.1. The third-order valence-electron chi connectivity index (χ3n) is 1.97. The van der Waals surface area contributed by atoms with Crippen molar-refractivity contribution in [2.24, 2.45) is 0 Å². The van der Waals surface area contributed by atoms with Crippen molar-refractivity contribution in [3.05, 3.63) is 53.6 Å². The standard InChI is InChI=1S/C12H11F2NO/c1-8(7-16)5-12(15-2)10-4-3-9(13)6-11(10)14/h3-7,15H,1H2,2H3/b12-5-. The first kappa shape index (κ1) is 12.1. The Kier molecular flexibility index (Phi) is 3.94. The first-order valence-electron chi connectivity index (χ1n) is 4.57. The van der Waals surface area contributed by atoms with Crippen LogP contribution < -0.4 is 5.32 Å². The van der Waals surface area contributed by atoms with E-state index in [2.05, 4.69) is 11.9 Å². The third-order valence-corrected chi connectivity index (χ3v) is 1.97. The van der Waals surface area contributed by atoms with Crippen LogP contribution in [0.5, 0.6) is 0 Å². The van der Waals surface area contributed by atoms with Gasteiger partial charge in [-0.1, -0.05) is 6.58 Å². The second-order valence-electron chi connectivity index (χ2n) is 3.12. The van der Waals surface area contributed by atoms with Gasteiger partial charge in [-0.25, -0.2) is 8.78 Å². The summed E-state index contributed by atoms with van der Waals surface area (Å²) in [4.78, 5) is 10.4. The lowest BCUT2D eigenvalue weighted by atomic mass is 10.1. The number of benzene rings is 1. The average molecular weight is 223 g/mol. The molecule has 0 radical (unpaired) electrons. The molecule has 0 aliphatic rings. The summed E-state index contributed by atoms with van der Waals surface area (Å²) in [5.41, 5.74) is 0.759. The van der Waals surface area contributed by atoms with Crippen LogP contribution in [0, 0.1) is 11.6 Å². The minimum atomic E-state index is -0.695. The summed E-state index contributed by atoms with van der Waals surface area (Å²) in [6.45, 7) is 3.45. The van der Waals surface area contributed by atoms with Crippen molar-refractivity contribution in [3.8, 4) is 0 Å². The minimum absolute atomic E-state index is 0.187. The summed E-state index contributed by atoms with van der Waals surface area (Å²) in [7, 11) is 1.58. The molecular formula is C12H11F2NO. The van der Waals surface area contributed by atoms with Gasteiger partial charge in [-0.2, -0.15) is 0 Å². The van der Waals surface area contributed by atoms with Crippen molar-refractivity contribution in [2.75, 3.05) is 7.05 Å². The normalized spacial score (nSPS) is 11.1. The molecule has 1 rings (SSSR count). The molecule has 84 valence electrons. The van der Waals surface area contributed by atoms with Gasteiger partial charge in [0.25, 0.3) is 0 Å². The van der Waals surface area contributed by atoms with Crippen LogP contribution in [0.4, 0.5) is 8.78 Å². The molecule has 2 nitrogen and oxygen atoms in total. The van der Waals surface area contributed by atoms with Crippen molar-refractivity contribution in [1.82, 2.24) is 5.32 Å². The van der Waals surface area contributed by atoms with Gasteiger partial charge in [0.15, 0.2) is 0 Å². The van der Waals surface area contributed by atoms with Gasteiger partial charge in [0, 0.05) is 29.9 Å². The van der Waals surface area contributed by atoms with E-state index >= 15 is 0 Å². The van der Waals surface area contributed by atoms with Gasteiger partial charge in [-0.15, -0.1) is 0 Å². The topological polar surface area (TPSA) is 29.1 Å². The largest absolute Gasteiger partial charge is 0.388 e. The van der Waals surface area contributed by atoms with Gasteiger partial charge in [0.1, 0.15) is 17.9 Å². The molecule has 1 N–H and O–H groups in total. The van der Waals surface area contributed by atoms with Gasteiger partial charge in [0.05, 0.1) is 0 Å². The van der Waals surface area contributed by atoms with Crippen molar-refractivity contribution < 1.29 is 13.6 Å². The summed E-state index contributed by atoms with van der Waals surface area (Å²) in [6.07, 6.45) is 1.95. The number of carbonyl (C=O) groups is 1. The molecule has 0 fully saturated rings. The number of aldehydes is 1. The Balaban J connectivity index is 3.18. The van der Waals surface area contributed by atoms with E-state index in [4.69, 9.17) is 0 Å². The number of hydrogen-bond acceptors (Lipinski definition) is 2. The van der Waals surface area contributed by atoms with Gasteiger partial charge in [-0.05, 0) is 18.2 Å². The molecule has 16 heavy (non-hydrogen) atoms. The Hall–Kier alpha value is -1.97. The molecule has 0 aromatic heterocycles. The Labute approximate surface area is 92.3 Å². The molecule has 0 bridgehead atoms. The van der Waals surface area contributed by atoms with E-state index in [-0.39, 0.29) is 11.1 Å². The third kappa shape index (κ3) is 2.76. The number of rotatable bonds is 4. The minimum Gasteiger partial charge on any atom is -0.388 e. The summed E-state index contributed by atoms with van der Waals surface area (Å²) in [5, 5.41) is 2.72. The van der Waals surface area contributed by atoms with E-state index in [1.165, 1.54) is 12.1 Å².